The smallest absolute Gasteiger partial charge is 0.245 e. The lowest BCUT2D eigenvalue weighted by atomic mass is 10.1. The molecule has 0 saturated carbocycles. The molecule has 1 aromatic heterocycles. The number of halogens is 2. The summed E-state index contributed by atoms with van der Waals surface area (Å²) in [5.74, 6) is -0.00809. The Morgan fingerprint density at radius 1 is 1.35 bits per heavy atom. The second kappa shape index (κ2) is 5.83. The average Bonchev–Trinajstić information content (AvgIpc) is 2.38. The van der Waals surface area contributed by atoms with E-state index in [0.717, 1.165) is 36.0 Å². The fourth-order valence-electron chi connectivity index (χ4n) is 1.98. The van der Waals surface area contributed by atoms with E-state index in [9.17, 15) is 4.79 Å². The molecule has 2 rings (SSSR count). The second-order valence-electron chi connectivity index (χ2n) is 4.18. The highest BCUT2D eigenvalue weighted by atomic mass is 79.9. The highest BCUT2D eigenvalue weighted by Gasteiger charge is 2.25. The molecule has 1 aliphatic heterocycles. The standard InChI is InChI=1S/C12H14BrClN2O/c13-10-6-9(7-15-8-10)11(14)12(17)16-4-2-1-3-5-16/h6-8,11H,1-5H2. The summed E-state index contributed by atoms with van der Waals surface area (Å²) in [4.78, 5) is 18.0. The lowest BCUT2D eigenvalue weighted by molar-refractivity contribution is -0.131. The molecule has 1 atom stereocenters. The molecule has 0 radical (unpaired) electrons. The number of alkyl halides is 1. The van der Waals surface area contributed by atoms with Crippen LogP contribution in [0.15, 0.2) is 22.9 Å². The van der Waals surface area contributed by atoms with Crippen molar-refractivity contribution in [2.45, 2.75) is 24.6 Å². The van der Waals surface area contributed by atoms with Crippen LogP contribution in [0, 0.1) is 0 Å². The van der Waals surface area contributed by atoms with Crippen molar-refractivity contribution >= 4 is 33.4 Å². The van der Waals surface area contributed by atoms with Gasteiger partial charge in [-0.05, 0) is 46.8 Å². The van der Waals surface area contributed by atoms with Crippen LogP contribution in [0.2, 0.25) is 0 Å². The Kier molecular flexibility index (Phi) is 4.40. The molecule has 5 heteroatoms. The molecule has 1 unspecified atom stereocenters. The molecular weight excluding hydrogens is 304 g/mol. The predicted molar refractivity (Wildman–Crippen MR) is 71.0 cm³/mol. The van der Waals surface area contributed by atoms with Gasteiger partial charge >= 0.3 is 0 Å². The highest BCUT2D eigenvalue weighted by molar-refractivity contribution is 9.10. The quantitative estimate of drug-likeness (QED) is 0.785. The minimum Gasteiger partial charge on any atom is -0.341 e. The number of carbonyl (C=O) groups is 1. The Hall–Kier alpha value is -0.610. The minimum absolute atomic E-state index is 0.00809. The zero-order valence-corrected chi connectivity index (χ0v) is 11.7. The van der Waals surface area contributed by atoms with Crippen LogP contribution >= 0.6 is 27.5 Å². The number of likely N-dealkylation sites (tertiary alicyclic amines) is 1. The minimum atomic E-state index is -0.627. The normalized spacial score (nSPS) is 17.9. The molecule has 2 heterocycles. The van der Waals surface area contributed by atoms with Gasteiger partial charge in [-0.2, -0.15) is 0 Å². The largest absolute Gasteiger partial charge is 0.341 e. The van der Waals surface area contributed by atoms with Crippen LogP contribution in [0.4, 0.5) is 0 Å². The van der Waals surface area contributed by atoms with E-state index in [4.69, 9.17) is 11.6 Å². The van der Waals surface area contributed by atoms with Gasteiger partial charge in [0.05, 0.1) is 0 Å². The van der Waals surface area contributed by atoms with E-state index in [2.05, 4.69) is 20.9 Å². The van der Waals surface area contributed by atoms with Crippen LogP contribution in [-0.2, 0) is 4.79 Å². The monoisotopic (exact) mass is 316 g/mol. The van der Waals surface area contributed by atoms with Crippen molar-refractivity contribution < 1.29 is 4.79 Å². The predicted octanol–water partition coefficient (Wildman–Crippen LogP) is 3.14. The van der Waals surface area contributed by atoms with Crippen LogP contribution in [0.5, 0.6) is 0 Å². The Balaban J connectivity index is 2.08. The molecule has 0 spiro atoms. The fourth-order valence-corrected chi connectivity index (χ4v) is 2.62. The van der Waals surface area contributed by atoms with Crippen molar-refractivity contribution in [1.82, 2.24) is 9.88 Å². The van der Waals surface area contributed by atoms with Crippen LogP contribution in [-0.4, -0.2) is 28.9 Å². The number of hydrogen-bond acceptors (Lipinski definition) is 2. The van der Waals surface area contributed by atoms with E-state index < -0.39 is 5.38 Å². The molecule has 0 aliphatic carbocycles. The topological polar surface area (TPSA) is 33.2 Å². The third-order valence-corrected chi connectivity index (χ3v) is 3.78. The molecule has 1 aromatic rings. The van der Waals surface area contributed by atoms with Crippen LogP contribution in [0.3, 0.4) is 0 Å². The summed E-state index contributed by atoms with van der Waals surface area (Å²) in [7, 11) is 0. The Morgan fingerprint density at radius 2 is 2.06 bits per heavy atom. The third-order valence-electron chi connectivity index (χ3n) is 2.90. The van der Waals surface area contributed by atoms with Crippen LogP contribution in [0.25, 0.3) is 0 Å². The molecule has 1 aliphatic rings. The number of piperidine rings is 1. The lowest BCUT2D eigenvalue weighted by Crippen LogP contribution is -2.37. The summed E-state index contributed by atoms with van der Waals surface area (Å²) in [5, 5.41) is -0.627. The van der Waals surface area contributed by atoms with Gasteiger partial charge in [0.2, 0.25) is 5.91 Å². The van der Waals surface area contributed by atoms with E-state index in [1.54, 1.807) is 12.4 Å². The molecule has 92 valence electrons. The Bertz CT molecular complexity index is 407. The number of pyridine rings is 1. The van der Waals surface area contributed by atoms with E-state index in [-0.39, 0.29) is 5.91 Å². The van der Waals surface area contributed by atoms with Gasteiger partial charge in [0.15, 0.2) is 0 Å². The van der Waals surface area contributed by atoms with Crippen molar-refractivity contribution in [3.63, 3.8) is 0 Å². The lowest BCUT2D eigenvalue weighted by Gasteiger charge is -2.28. The third kappa shape index (κ3) is 3.19. The number of hydrogen-bond donors (Lipinski definition) is 0. The average molecular weight is 318 g/mol. The van der Waals surface area contributed by atoms with Gasteiger partial charge in [-0.25, -0.2) is 0 Å². The van der Waals surface area contributed by atoms with Crippen molar-refractivity contribution in [3.8, 4) is 0 Å². The van der Waals surface area contributed by atoms with Gasteiger partial charge in [0.25, 0.3) is 0 Å². The van der Waals surface area contributed by atoms with Gasteiger partial charge in [0, 0.05) is 30.0 Å². The first-order valence-corrected chi connectivity index (χ1v) is 6.95. The van der Waals surface area contributed by atoms with Crippen LogP contribution < -0.4 is 0 Å². The molecule has 0 aromatic carbocycles. The molecular formula is C12H14BrClN2O. The maximum Gasteiger partial charge on any atom is 0.245 e. The number of rotatable bonds is 2. The van der Waals surface area contributed by atoms with Crippen molar-refractivity contribution in [2.24, 2.45) is 0 Å². The van der Waals surface area contributed by atoms with E-state index >= 15 is 0 Å². The Labute approximate surface area is 114 Å². The van der Waals surface area contributed by atoms with Crippen molar-refractivity contribution in [3.05, 3.63) is 28.5 Å². The number of carbonyl (C=O) groups excluding carboxylic acids is 1. The highest BCUT2D eigenvalue weighted by Crippen LogP contribution is 2.25. The van der Waals surface area contributed by atoms with Crippen LogP contribution in [0.1, 0.15) is 30.2 Å². The molecule has 17 heavy (non-hydrogen) atoms. The maximum atomic E-state index is 12.2. The van der Waals surface area contributed by atoms with Gasteiger partial charge in [-0.3, -0.25) is 9.78 Å². The SMILES string of the molecule is O=C(C(Cl)c1cncc(Br)c1)N1CCCCC1. The van der Waals surface area contributed by atoms with Crippen molar-refractivity contribution in [1.29, 1.82) is 0 Å². The summed E-state index contributed by atoms with van der Waals surface area (Å²) < 4.78 is 0.840. The van der Waals surface area contributed by atoms with E-state index in [1.165, 1.54) is 6.42 Å². The van der Waals surface area contributed by atoms with Gasteiger partial charge in [0.1, 0.15) is 5.38 Å². The first kappa shape index (κ1) is 12.8. The van der Waals surface area contributed by atoms with E-state index in [1.807, 2.05) is 11.0 Å². The van der Waals surface area contributed by atoms with Gasteiger partial charge < -0.3 is 4.90 Å². The van der Waals surface area contributed by atoms with Gasteiger partial charge in [-0.1, -0.05) is 0 Å². The molecule has 0 N–H and O–H groups in total. The summed E-state index contributed by atoms with van der Waals surface area (Å²) in [6, 6.07) is 1.84. The maximum absolute atomic E-state index is 12.2. The molecule has 3 nitrogen and oxygen atoms in total. The molecule has 1 fully saturated rings. The number of amides is 1. The molecule has 1 saturated heterocycles. The summed E-state index contributed by atoms with van der Waals surface area (Å²) in [5.41, 5.74) is 0.747. The summed E-state index contributed by atoms with van der Waals surface area (Å²) in [6.07, 6.45) is 6.68. The van der Waals surface area contributed by atoms with E-state index in [0.29, 0.717) is 0 Å². The fraction of sp³-hybridized carbons (Fsp3) is 0.500. The first-order valence-electron chi connectivity index (χ1n) is 5.72. The zero-order chi connectivity index (χ0) is 12.3. The Morgan fingerprint density at radius 3 is 2.71 bits per heavy atom. The molecule has 1 amide bonds. The van der Waals surface area contributed by atoms with Gasteiger partial charge in [-0.15, -0.1) is 11.6 Å². The zero-order valence-electron chi connectivity index (χ0n) is 9.40. The second-order valence-corrected chi connectivity index (χ2v) is 5.54. The van der Waals surface area contributed by atoms with Crippen molar-refractivity contribution in [2.75, 3.05) is 13.1 Å². The number of aromatic nitrogens is 1. The summed E-state index contributed by atoms with van der Waals surface area (Å²) in [6.45, 7) is 1.65. The number of nitrogens with zero attached hydrogens (tertiary/aromatic N) is 2. The summed E-state index contributed by atoms with van der Waals surface area (Å²) >= 11 is 9.54. The first-order chi connectivity index (χ1) is 8.18. The molecule has 0 bridgehead atoms.